The van der Waals surface area contributed by atoms with Crippen molar-refractivity contribution < 1.29 is 9.21 Å². The number of fused-ring (bicyclic) bond motifs is 1. The number of carbonyl (C=O) groups excluding carboxylic acids is 1. The zero-order valence-corrected chi connectivity index (χ0v) is 13.4. The van der Waals surface area contributed by atoms with E-state index in [1.54, 1.807) is 6.26 Å². The fourth-order valence-electron chi connectivity index (χ4n) is 3.12. The maximum atomic E-state index is 12.1. The van der Waals surface area contributed by atoms with E-state index in [0.29, 0.717) is 5.56 Å². The predicted octanol–water partition coefficient (Wildman–Crippen LogP) is 2.46. The second-order valence-corrected chi connectivity index (χ2v) is 6.01. The van der Waals surface area contributed by atoms with Gasteiger partial charge in [0.2, 0.25) is 0 Å². The van der Waals surface area contributed by atoms with Gasteiger partial charge in [-0.15, -0.1) is 0 Å². The van der Waals surface area contributed by atoms with Crippen molar-refractivity contribution in [3.05, 3.63) is 56.9 Å². The van der Waals surface area contributed by atoms with Crippen molar-refractivity contribution in [2.45, 2.75) is 45.7 Å². The Morgan fingerprint density at radius 1 is 1.43 bits per heavy atom. The van der Waals surface area contributed by atoms with Gasteiger partial charge in [0.25, 0.3) is 5.56 Å². The lowest BCUT2D eigenvalue weighted by atomic mass is 9.93. The zero-order valence-electron chi connectivity index (χ0n) is 13.4. The number of aromatic nitrogens is 1. The molecule has 1 unspecified atom stereocenters. The highest BCUT2D eigenvalue weighted by molar-refractivity contribution is 5.74. The molecule has 122 valence electrons. The number of urea groups is 1. The summed E-state index contributed by atoms with van der Waals surface area (Å²) in [6.45, 7) is 3.91. The van der Waals surface area contributed by atoms with Gasteiger partial charge in [0.05, 0.1) is 18.8 Å². The van der Waals surface area contributed by atoms with E-state index in [0.717, 1.165) is 41.8 Å². The molecule has 0 spiro atoms. The number of H-pyrrole nitrogens is 1. The number of furan rings is 1. The van der Waals surface area contributed by atoms with E-state index in [1.165, 1.54) is 0 Å². The van der Waals surface area contributed by atoms with Crippen LogP contribution in [-0.4, -0.2) is 11.0 Å². The van der Waals surface area contributed by atoms with Crippen LogP contribution in [0.2, 0.25) is 0 Å². The number of rotatable bonds is 3. The van der Waals surface area contributed by atoms with Crippen molar-refractivity contribution in [2.75, 3.05) is 0 Å². The van der Waals surface area contributed by atoms with E-state index >= 15 is 0 Å². The third kappa shape index (κ3) is 3.31. The lowest BCUT2D eigenvalue weighted by Gasteiger charge is -2.23. The molecule has 1 atom stereocenters. The van der Waals surface area contributed by atoms with Gasteiger partial charge in [0.1, 0.15) is 5.76 Å². The minimum Gasteiger partial charge on any atom is -0.469 e. The van der Waals surface area contributed by atoms with E-state index in [2.05, 4.69) is 15.6 Å². The third-order valence-corrected chi connectivity index (χ3v) is 4.28. The number of pyridine rings is 1. The molecule has 2 amide bonds. The first kappa shape index (κ1) is 15.4. The Balaban J connectivity index is 1.62. The number of aromatic amines is 1. The van der Waals surface area contributed by atoms with E-state index in [9.17, 15) is 9.59 Å². The average Bonchev–Trinajstić information content (AvgIpc) is 2.95. The van der Waals surface area contributed by atoms with Crippen molar-refractivity contribution >= 4 is 6.03 Å². The molecule has 1 aliphatic rings. The molecule has 6 heteroatoms. The maximum Gasteiger partial charge on any atom is 0.315 e. The number of amides is 2. The molecular weight excluding hydrogens is 294 g/mol. The molecular formula is C17H21N3O3. The summed E-state index contributed by atoms with van der Waals surface area (Å²) in [6, 6.07) is 3.50. The SMILES string of the molecule is Cc1cc(C)c(CNC(=O)NC2CCCc3occc32)c(=O)[nH]1. The van der Waals surface area contributed by atoms with Crippen LogP contribution < -0.4 is 16.2 Å². The van der Waals surface area contributed by atoms with Crippen molar-refractivity contribution in [3.8, 4) is 0 Å². The van der Waals surface area contributed by atoms with Crippen LogP contribution in [0.15, 0.2) is 27.6 Å². The summed E-state index contributed by atoms with van der Waals surface area (Å²) in [5.41, 5.74) is 3.17. The number of hydrogen-bond acceptors (Lipinski definition) is 3. The lowest BCUT2D eigenvalue weighted by molar-refractivity contribution is 0.234. The third-order valence-electron chi connectivity index (χ3n) is 4.28. The summed E-state index contributed by atoms with van der Waals surface area (Å²) in [5.74, 6) is 0.951. The van der Waals surface area contributed by atoms with Crippen LogP contribution >= 0.6 is 0 Å². The van der Waals surface area contributed by atoms with Gasteiger partial charge in [-0.2, -0.15) is 0 Å². The molecule has 0 saturated heterocycles. The first-order valence-corrected chi connectivity index (χ1v) is 7.84. The van der Waals surface area contributed by atoms with Crippen molar-refractivity contribution in [3.63, 3.8) is 0 Å². The standard InChI is InChI=1S/C17H21N3O3/c1-10-8-11(2)19-16(21)13(10)9-18-17(22)20-14-4-3-5-15-12(14)6-7-23-15/h6-8,14H,3-5,9H2,1-2H3,(H,19,21)(H2,18,20,22). The van der Waals surface area contributed by atoms with Gasteiger partial charge in [-0.05, 0) is 44.4 Å². The topological polar surface area (TPSA) is 87.1 Å². The molecule has 1 aliphatic carbocycles. The first-order valence-electron chi connectivity index (χ1n) is 7.84. The molecule has 0 saturated carbocycles. The fraction of sp³-hybridized carbons (Fsp3) is 0.412. The Morgan fingerprint density at radius 3 is 3.04 bits per heavy atom. The Hall–Kier alpha value is -2.50. The van der Waals surface area contributed by atoms with Gasteiger partial charge < -0.3 is 20.0 Å². The van der Waals surface area contributed by atoms with Crippen LogP contribution in [0.3, 0.4) is 0 Å². The van der Waals surface area contributed by atoms with Gasteiger partial charge in [-0.3, -0.25) is 4.79 Å². The molecule has 2 aromatic heterocycles. The Morgan fingerprint density at radius 2 is 2.26 bits per heavy atom. The normalized spacial score (nSPS) is 16.7. The molecule has 23 heavy (non-hydrogen) atoms. The number of aryl methyl sites for hydroxylation is 3. The van der Waals surface area contributed by atoms with Gasteiger partial charge >= 0.3 is 6.03 Å². The molecule has 3 N–H and O–H groups in total. The monoisotopic (exact) mass is 315 g/mol. The van der Waals surface area contributed by atoms with Crippen molar-refractivity contribution in [2.24, 2.45) is 0 Å². The highest BCUT2D eigenvalue weighted by atomic mass is 16.3. The summed E-state index contributed by atoms with van der Waals surface area (Å²) in [6.07, 6.45) is 4.46. The van der Waals surface area contributed by atoms with Crippen LogP contribution in [0, 0.1) is 13.8 Å². The molecule has 6 nitrogen and oxygen atoms in total. The fourth-order valence-corrected chi connectivity index (χ4v) is 3.12. The summed E-state index contributed by atoms with van der Waals surface area (Å²) < 4.78 is 5.42. The predicted molar refractivity (Wildman–Crippen MR) is 86.3 cm³/mol. The molecule has 0 aromatic carbocycles. The van der Waals surface area contributed by atoms with Crippen LogP contribution in [0.5, 0.6) is 0 Å². The first-order chi connectivity index (χ1) is 11.0. The van der Waals surface area contributed by atoms with Gasteiger partial charge in [-0.25, -0.2) is 4.79 Å². The van der Waals surface area contributed by atoms with E-state index in [-0.39, 0.29) is 24.2 Å². The molecule has 3 rings (SSSR count). The summed E-state index contributed by atoms with van der Waals surface area (Å²) in [7, 11) is 0. The van der Waals surface area contributed by atoms with Crippen LogP contribution in [0.4, 0.5) is 4.79 Å². The summed E-state index contributed by atoms with van der Waals surface area (Å²) in [4.78, 5) is 26.8. The minimum absolute atomic E-state index is 0.0325. The van der Waals surface area contributed by atoms with Crippen molar-refractivity contribution in [1.29, 1.82) is 0 Å². The van der Waals surface area contributed by atoms with E-state index in [4.69, 9.17) is 4.42 Å². The van der Waals surface area contributed by atoms with E-state index in [1.807, 2.05) is 26.0 Å². The van der Waals surface area contributed by atoms with Gasteiger partial charge in [0, 0.05) is 23.2 Å². The molecule has 0 radical (unpaired) electrons. The van der Waals surface area contributed by atoms with E-state index < -0.39 is 0 Å². The lowest BCUT2D eigenvalue weighted by Crippen LogP contribution is -2.39. The highest BCUT2D eigenvalue weighted by Crippen LogP contribution is 2.30. The largest absolute Gasteiger partial charge is 0.469 e. The quantitative estimate of drug-likeness (QED) is 0.813. The smallest absolute Gasteiger partial charge is 0.315 e. The second-order valence-electron chi connectivity index (χ2n) is 6.01. The molecule has 2 aromatic rings. The second kappa shape index (κ2) is 6.32. The molecule has 2 heterocycles. The van der Waals surface area contributed by atoms with Crippen molar-refractivity contribution in [1.82, 2.24) is 15.6 Å². The Labute approximate surface area is 134 Å². The van der Waals surface area contributed by atoms with Crippen LogP contribution in [0.1, 0.15) is 47.0 Å². The number of nitrogens with one attached hydrogen (secondary N) is 3. The van der Waals surface area contributed by atoms with Gasteiger partial charge in [0.15, 0.2) is 0 Å². The zero-order chi connectivity index (χ0) is 16.4. The van der Waals surface area contributed by atoms with Crippen LogP contribution in [-0.2, 0) is 13.0 Å². The molecule has 0 aliphatic heterocycles. The summed E-state index contributed by atoms with van der Waals surface area (Å²) >= 11 is 0. The molecule has 0 bridgehead atoms. The van der Waals surface area contributed by atoms with Crippen LogP contribution in [0.25, 0.3) is 0 Å². The number of hydrogen-bond donors (Lipinski definition) is 3. The summed E-state index contributed by atoms with van der Waals surface area (Å²) in [5, 5.41) is 5.73. The molecule has 0 fully saturated rings. The minimum atomic E-state index is -0.275. The van der Waals surface area contributed by atoms with Gasteiger partial charge in [-0.1, -0.05) is 0 Å². The Bertz CT molecular complexity index is 776. The number of carbonyl (C=O) groups is 1. The maximum absolute atomic E-state index is 12.1. The Kier molecular flexibility index (Phi) is 4.23. The highest BCUT2D eigenvalue weighted by Gasteiger charge is 2.23. The average molecular weight is 315 g/mol.